The van der Waals surface area contributed by atoms with Gasteiger partial charge in [0.25, 0.3) is 11.8 Å². The number of carbonyl (C=O) groups is 3. The van der Waals surface area contributed by atoms with E-state index in [0.717, 1.165) is 0 Å². The van der Waals surface area contributed by atoms with E-state index in [9.17, 15) is 14.4 Å². The fourth-order valence-electron chi connectivity index (χ4n) is 3.71. The van der Waals surface area contributed by atoms with Crippen molar-refractivity contribution < 1.29 is 32.7 Å². The second-order valence-corrected chi connectivity index (χ2v) is 8.00. The number of para-hydroxylation sites is 1. The van der Waals surface area contributed by atoms with Crippen LogP contribution >= 0.6 is 0 Å². The molecule has 9 heteroatoms. The number of carbonyl (C=O) groups excluding carboxylic acids is 3. The molecule has 0 bridgehead atoms. The molecule has 1 aliphatic rings. The molecule has 2 aromatic carbocycles. The molecule has 3 heterocycles. The molecule has 2 aromatic heterocycles. The summed E-state index contributed by atoms with van der Waals surface area (Å²) in [5, 5.41) is 2.71. The van der Waals surface area contributed by atoms with Gasteiger partial charge in [0, 0.05) is 5.56 Å². The quantitative estimate of drug-likeness (QED) is 0.356. The second kappa shape index (κ2) is 10.2. The number of hydrogen-bond donors (Lipinski definition) is 1. The minimum Gasteiger partial charge on any atom is -0.485 e. The minimum absolute atomic E-state index is 0.0683. The largest absolute Gasteiger partial charge is 0.485 e. The van der Waals surface area contributed by atoms with Crippen molar-refractivity contribution in [2.75, 3.05) is 18.1 Å². The predicted molar refractivity (Wildman–Crippen MR) is 128 cm³/mol. The van der Waals surface area contributed by atoms with Gasteiger partial charge in [-0.05, 0) is 54.6 Å². The molecule has 0 aliphatic carbocycles. The molecule has 0 radical (unpaired) electrons. The van der Waals surface area contributed by atoms with Crippen LogP contribution < -0.4 is 19.7 Å². The number of ether oxygens (including phenoxy) is 2. The molecule has 5 rings (SSSR count). The van der Waals surface area contributed by atoms with E-state index in [2.05, 4.69) is 5.32 Å². The first-order valence-corrected chi connectivity index (χ1v) is 11.2. The molecule has 1 N–H and O–H groups in total. The van der Waals surface area contributed by atoms with E-state index in [-0.39, 0.29) is 43.8 Å². The van der Waals surface area contributed by atoms with Gasteiger partial charge in [-0.25, -0.2) is 0 Å². The lowest BCUT2D eigenvalue weighted by molar-refractivity contribution is -0.121. The van der Waals surface area contributed by atoms with E-state index in [1.807, 2.05) is 18.2 Å². The fourth-order valence-corrected chi connectivity index (χ4v) is 3.71. The van der Waals surface area contributed by atoms with Crippen molar-refractivity contribution in [2.24, 2.45) is 0 Å². The predicted octanol–water partition coefficient (Wildman–Crippen LogP) is 3.99. The molecule has 0 spiro atoms. The Hall–Kier alpha value is -4.79. The molecule has 2 amide bonds. The highest BCUT2D eigenvalue weighted by atomic mass is 16.5. The van der Waals surface area contributed by atoms with Crippen LogP contribution in [0.3, 0.4) is 0 Å². The Labute approximate surface area is 206 Å². The normalized spacial score (nSPS) is 12.6. The molecule has 0 saturated carbocycles. The molecular weight excluding hydrogens is 464 g/mol. The van der Waals surface area contributed by atoms with Crippen LogP contribution in [0, 0.1) is 0 Å². The molecule has 36 heavy (non-hydrogen) atoms. The van der Waals surface area contributed by atoms with E-state index < -0.39 is 5.91 Å². The van der Waals surface area contributed by atoms with E-state index in [0.29, 0.717) is 34.3 Å². The van der Waals surface area contributed by atoms with Gasteiger partial charge in [0.15, 0.2) is 24.8 Å². The van der Waals surface area contributed by atoms with Gasteiger partial charge in [0.05, 0.1) is 25.0 Å². The van der Waals surface area contributed by atoms with E-state index in [4.69, 9.17) is 18.3 Å². The highest BCUT2D eigenvalue weighted by Crippen LogP contribution is 2.34. The lowest BCUT2D eigenvalue weighted by Gasteiger charge is -2.29. The molecule has 0 fully saturated rings. The third-order valence-electron chi connectivity index (χ3n) is 5.54. The first-order valence-electron chi connectivity index (χ1n) is 11.2. The van der Waals surface area contributed by atoms with Crippen molar-refractivity contribution in [3.8, 4) is 11.5 Å². The molecule has 4 aromatic rings. The summed E-state index contributed by atoms with van der Waals surface area (Å²) in [6, 6.07) is 20.6. The summed E-state index contributed by atoms with van der Waals surface area (Å²) < 4.78 is 22.0. The Bertz CT molecular complexity index is 1380. The monoisotopic (exact) mass is 486 g/mol. The minimum atomic E-state index is -0.405. The summed E-state index contributed by atoms with van der Waals surface area (Å²) in [4.78, 5) is 39.3. The van der Waals surface area contributed by atoms with Crippen molar-refractivity contribution in [3.63, 3.8) is 0 Å². The van der Waals surface area contributed by atoms with Gasteiger partial charge in [-0.3, -0.25) is 19.3 Å². The van der Waals surface area contributed by atoms with Gasteiger partial charge in [-0.2, -0.15) is 0 Å². The molecule has 1 aliphatic heterocycles. The number of anilines is 1. The van der Waals surface area contributed by atoms with E-state index in [1.54, 1.807) is 54.6 Å². The van der Waals surface area contributed by atoms with Gasteiger partial charge in [-0.15, -0.1) is 0 Å². The lowest BCUT2D eigenvalue weighted by Crippen LogP contribution is -2.38. The number of Topliss-reactive ketones (excluding diaryl/α,β-unsaturated/α-hetero) is 1. The van der Waals surface area contributed by atoms with Crippen LogP contribution in [-0.4, -0.2) is 30.8 Å². The number of hydrogen-bond acceptors (Lipinski definition) is 7. The number of rotatable bonds is 9. The molecule has 0 atom stereocenters. The maximum Gasteiger partial charge on any atom is 0.287 e. The van der Waals surface area contributed by atoms with Crippen LogP contribution in [0.2, 0.25) is 0 Å². The molecule has 0 unspecified atom stereocenters. The Morgan fingerprint density at radius 3 is 2.64 bits per heavy atom. The number of fused-ring (bicyclic) bond motifs is 1. The Kier molecular flexibility index (Phi) is 6.53. The van der Waals surface area contributed by atoms with Gasteiger partial charge in [0.2, 0.25) is 0 Å². The van der Waals surface area contributed by atoms with E-state index >= 15 is 0 Å². The smallest absolute Gasteiger partial charge is 0.287 e. The van der Waals surface area contributed by atoms with Crippen molar-refractivity contribution >= 4 is 23.3 Å². The number of amides is 2. The first-order chi connectivity index (χ1) is 17.6. The highest BCUT2D eigenvalue weighted by Gasteiger charge is 2.28. The van der Waals surface area contributed by atoms with Crippen LogP contribution in [-0.2, 0) is 17.9 Å². The SMILES string of the molecule is O=C(COc1ccccc1)c1ccc2c(c1)N(Cc1ccc(C(=O)NCc3ccco3)o1)C(=O)CO2. The van der Waals surface area contributed by atoms with Gasteiger partial charge < -0.3 is 23.6 Å². The highest BCUT2D eigenvalue weighted by molar-refractivity contribution is 6.02. The topological polar surface area (TPSA) is 111 Å². The van der Waals surface area contributed by atoms with Crippen molar-refractivity contribution in [2.45, 2.75) is 13.1 Å². The van der Waals surface area contributed by atoms with Crippen LogP contribution in [0.1, 0.15) is 32.4 Å². The number of benzene rings is 2. The van der Waals surface area contributed by atoms with E-state index in [1.165, 1.54) is 11.2 Å². The summed E-state index contributed by atoms with van der Waals surface area (Å²) >= 11 is 0. The Balaban J connectivity index is 1.28. The van der Waals surface area contributed by atoms with Crippen LogP contribution in [0.25, 0.3) is 0 Å². The second-order valence-electron chi connectivity index (χ2n) is 8.00. The standard InChI is InChI=1S/C27H22N2O7/c30-23(16-34-19-5-2-1-3-6-19)18-8-10-24-22(13-18)29(26(31)17-35-24)15-21-9-11-25(36-21)27(32)28-14-20-7-4-12-33-20/h1-13H,14-17H2,(H,28,32). The van der Waals surface area contributed by atoms with Crippen LogP contribution in [0.4, 0.5) is 5.69 Å². The van der Waals surface area contributed by atoms with Crippen LogP contribution in [0.5, 0.6) is 11.5 Å². The zero-order chi connectivity index (χ0) is 24.9. The van der Waals surface area contributed by atoms with Crippen molar-refractivity contribution in [1.29, 1.82) is 0 Å². The van der Waals surface area contributed by atoms with Gasteiger partial charge >= 0.3 is 0 Å². The molecule has 9 nitrogen and oxygen atoms in total. The van der Waals surface area contributed by atoms with Gasteiger partial charge in [-0.1, -0.05) is 18.2 Å². The first kappa shape index (κ1) is 23.0. The summed E-state index contributed by atoms with van der Waals surface area (Å²) in [6.45, 7) is 0.00166. The maximum absolute atomic E-state index is 12.7. The summed E-state index contributed by atoms with van der Waals surface area (Å²) in [5.74, 6) is 1.25. The Morgan fingerprint density at radius 2 is 1.83 bits per heavy atom. The van der Waals surface area contributed by atoms with Crippen molar-refractivity contribution in [3.05, 3.63) is 102 Å². The van der Waals surface area contributed by atoms with Crippen molar-refractivity contribution in [1.82, 2.24) is 5.32 Å². The molecular formula is C27H22N2O7. The number of nitrogens with one attached hydrogen (secondary N) is 1. The lowest BCUT2D eigenvalue weighted by atomic mass is 10.1. The number of ketones is 1. The average molecular weight is 486 g/mol. The molecule has 0 saturated heterocycles. The number of furan rings is 2. The Morgan fingerprint density at radius 1 is 0.972 bits per heavy atom. The summed E-state index contributed by atoms with van der Waals surface area (Å²) in [5.41, 5.74) is 0.822. The average Bonchev–Trinajstić information content (AvgIpc) is 3.60. The fraction of sp³-hybridized carbons (Fsp3) is 0.148. The zero-order valence-electron chi connectivity index (χ0n) is 19.1. The van der Waals surface area contributed by atoms with Crippen LogP contribution in [0.15, 0.2) is 87.9 Å². The maximum atomic E-state index is 12.7. The third kappa shape index (κ3) is 5.15. The van der Waals surface area contributed by atoms with Gasteiger partial charge in [0.1, 0.15) is 23.0 Å². The third-order valence-corrected chi connectivity index (χ3v) is 5.54. The zero-order valence-corrected chi connectivity index (χ0v) is 19.1. The molecule has 182 valence electrons. The summed E-state index contributed by atoms with van der Waals surface area (Å²) in [6.07, 6.45) is 1.53. The number of nitrogens with zero attached hydrogens (tertiary/aromatic N) is 1. The summed E-state index contributed by atoms with van der Waals surface area (Å²) in [7, 11) is 0.